The van der Waals surface area contributed by atoms with Gasteiger partial charge in [0.25, 0.3) is 0 Å². The van der Waals surface area contributed by atoms with E-state index < -0.39 is 0 Å². The number of morpholine rings is 1. The summed E-state index contributed by atoms with van der Waals surface area (Å²) in [6, 6.07) is 2.07. The van der Waals surface area contributed by atoms with Crippen LogP contribution in [0.15, 0.2) is 27.9 Å². The average Bonchev–Trinajstić information content (AvgIpc) is 2.90. The Bertz CT molecular complexity index is 733. The predicted molar refractivity (Wildman–Crippen MR) is 110 cm³/mol. The van der Waals surface area contributed by atoms with E-state index in [4.69, 9.17) is 10.5 Å². The second-order valence-corrected chi connectivity index (χ2v) is 6.84. The highest BCUT2D eigenvalue weighted by molar-refractivity contribution is 14.0. The molecule has 3 rings (SSSR count). The highest BCUT2D eigenvalue weighted by Gasteiger charge is 2.17. The summed E-state index contributed by atoms with van der Waals surface area (Å²) < 4.78 is 8.62. The van der Waals surface area contributed by atoms with Gasteiger partial charge in [-0.05, 0) is 41.4 Å². The number of rotatable bonds is 3. The van der Waals surface area contributed by atoms with Crippen LogP contribution in [0.3, 0.4) is 0 Å². The fraction of sp³-hybridized carbons (Fsp3) is 0.500. The van der Waals surface area contributed by atoms with Gasteiger partial charge in [0.2, 0.25) is 0 Å². The molecule has 0 saturated carbocycles. The van der Waals surface area contributed by atoms with E-state index in [-0.39, 0.29) is 30.1 Å². The first-order valence-corrected chi connectivity index (χ1v) is 8.62. The molecule has 1 aliphatic rings. The van der Waals surface area contributed by atoms with Crippen LogP contribution in [0.4, 0.5) is 0 Å². The maximum Gasteiger partial charge on any atom is 0.191 e. The number of hydrogen-bond donors (Lipinski definition) is 1. The van der Waals surface area contributed by atoms with Crippen LogP contribution >= 0.6 is 39.9 Å². The fourth-order valence-electron chi connectivity index (χ4n) is 2.81. The van der Waals surface area contributed by atoms with Crippen molar-refractivity contribution in [3.8, 4) is 0 Å². The maximum atomic E-state index is 6.08. The quantitative estimate of drug-likeness (QED) is 0.394. The SMILES string of the molecule is Cc1cc(Br)cn2cc(CCN=C(N)N3CCOC(C)C3)nc12.I. The zero-order valence-corrected chi connectivity index (χ0v) is 17.8. The number of halogens is 2. The summed E-state index contributed by atoms with van der Waals surface area (Å²) in [5.74, 6) is 0.600. The van der Waals surface area contributed by atoms with Gasteiger partial charge in [-0.15, -0.1) is 24.0 Å². The van der Waals surface area contributed by atoms with Crippen LogP contribution in [0, 0.1) is 6.92 Å². The lowest BCUT2D eigenvalue weighted by Gasteiger charge is -2.31. The van der Waals surface area contributed by atoms with Gasteiger partial charge in [0, 0.05) is 42.9 Å². The first-order valence-electron chi connectivity index (χ1n) is 7.83. The van der Waals surface area contributed by atoms with E-state index in [0.717, 1.165) is 40.9 Å². The van der Waals surface area contributed by atoms with E-state index in [1.807, 2.05) is 10.6 Å². The Morgan fingerprint density at radius 1 is 1.50 bits per heavy atom. The summed E-state index contributed by atoms with van der Waals surface area (Å²) in [5, 5.41) is 0. The van der Waals surface area contributed by atoms with E-state index in [0.29, 0.717) is 19.1 Å². The lowest BCUT2D eigenvalue weighted by molar-refractivity contribution is 0.00530. The maximum absolute atomic E-state index is 6.08. The molecule has 0 aromatic carbocycles. The minimum Gasteiger partial charge on any atom is -0.375 e. The van der Waals surface area contributed by atoms with Crippen molar-refractivity contribution >= 4 is 51.5 Å². The molecule has 2 N–H and O–H groups in total. The second kappa shape index (κ2) is 8.48. The lowest BCUT2D eigenvalue weighted by atomic mass is 10.3. The van der Waals surface area contributed by atoms with E-state index in [1.54, 1.807) is 0 Å². The van der Waals surface area contributed by atoms with Crippen molar-refractivity contribution in [2.24, 2.45) is 10.7 Å². The van der Waals surface area contributed by atoms with Gasteiger partial charge in [-0.1, -0.05) is 0 Å². The number of ether oxygens (including phenoxy) is 1. The lowest BCUT2D eigenvalue weighted by Crippen LogP contribution is -2.47. The molecule has 0 radical (unpaired) electrons. The van der Waals surface area contributed by atoms with Crippen molar-refractivity contribution in [1.82, 2.24) is 14.3 Å². The van der Waals surface area contributed by atoms with Gasteiger partial charge >= 0.3 is 0 Å². The molecular formula is C16H23BrIN5O. The fourth-order valence-corrected chi connectivity index (χ4v) is 3.37. The van der Waals surface area contributed by atoms with Crippen LogP contribution in [0.1, 0.15) is 18.2 Å². The summed E-state index contributed by atoms with van der Waals surface area (Å²) >= 11 is 3.51. The third-order valence-electron chi connectivity index (χ3n) is 3.96. The Morgan fingerprint density at radius 3 is 3.04 bits per heavy atom. The minimum atomic E-state index is 0. The molecule has 1 atom stereocenters. The Morgan fingerprint density at radius 2 is 2.29 bits per heavy atom. The van der Waals surface area contributed by atoms with Crippen LogP contribution in [-0.4, -0.2) is 52.6 Å². The van der Waals surface area contributed by atoms with Crippen LogP contribution < -0.4 is 5.73 Å². The largest absolute Gasteiger partial charge is 0.375 e. The highest BCUT2D eigenvalue weighted by Crippen LogP contribution is 2.17. The topological polar surface area (TPSA) is 68.2 Å². The molecule has 3 heterocycles. The summed E-state index contributed by atoms with van der Waals surface area (Å²) in [7, 11) is 0. The Balaban J connectivity index is 0.00000208. The summed E-state index contributed by atoms with van der Waals surface area (Å²) in [6.45, 7) is 7.07. The molecule has 0 amide bonds. The van der Waals surface area contributed by atoms with Gasteiger partial charge in [0.15, 0.2) is 5.96 Å². The smallest absolute Gasteiger partial charge is 0.191 e. The zero-order chi connectivity index (χ0) is 16.4. The number of hydrogen-bond acceptors (Lipinski definition) is 3. The average molecular weight is 508 g/mol. The number of aryl methyl sites for hydroxylation is 1. The molecule has 0 spiro atoms. The van der Waals surface area contributed by atoms with Gasteiger partial charge in [0.1, 0.15) is 5.65 Å². The van der Waals surface area contributed by atoms with Crippen LogP contribution in [0.2, 0.25) is 0 Å². The molecule has 2 aromatic rings. The number of guanidine groups is 1. The van der Waals surface area contributed by atoms with Crippen molar-refractivity contribution in [2.75, 3.05) is 26.2 Å². The Kier molecular flexibility index (Phi) is 6.88. The molecule has 0 bridgehead atoms. The van der Waals surface area contributed by atoms with Gasteiger partial charge in [-0.2, -0.15) is 0 Å². The van der Waals surface area contributed by atoms with Crippen molar-refractivity contribution in [3.05, 3.63) is 34.2 Å². The molecule has 2 aromatic heterocycles. The van der Waals surface area contributed by atoms with Crippen LogP contribution in [0.5, 0.6) is 0 Å². The number of nitrogens with zero attached hydrogens (tertiary/aromatic N) is 4. The standard InChI is InChI=1S/C16H22BrN5O.HI/c1-11-7-13(17)9-22-10-14(20-15(11)22)3-4-19-16(18)21-5-6-23-12(2)8-21;/h7,9-10,12H,3-6,8H2,1-2H3,(H2,18,19);1H. The van der Waals surface area contributed by atoms with E-state index in [2.05, 4.69) is 56.9 Å². The first-order chi connectivity index (χ1) is 11.0. The first kappa shape index (κ1) is 19.5. The van der Waals surface area contributed by atoms with Gasteiger partial charge < -0.3 is 19.8 Å². The van der Waals surface area contributed by atoms with Crippen LogP contribution in [0.25, 0.3) is 5.65 Å². The normalized spacial score (nSPS) is 18.7. The number of pyridine rings is 1. The summed E-state index contributed by atoms with van der Waals surface area (Å²) in [6.07, 6.45) is 5.05. The molecule has 1 fully saturated rings. The highest BCUT2D eigenvalue weighted by atomic mass is 127. The Labute approximate surface area is 167 Å². The number of nitrogens with two attached hydrogens (primary N) is 1. The zero-order valence-electron chi connectivity index (χ0n) is 13.9. The third-order valence-corrected chi connectivity index (χ3v) is 4.39. The molecule has 1 unspecified atom stereocenters. The van der Waals surface area contributed by atoms with Crippen LogP contribution in [-0.2, 0) is 11.2 Å². The van der Waals surface area contributed by atoms with E-state index >= 15 is 0 Å². The number of imidazole rings is 1. The van der Waals surface area contributed by atoms with Crippen molar-refractivity contribution < 1.29 is 4.74 Å². The number of aromatic nitrogens is 2. The number of fused-ring (bicyclic) bond motifs is 1. The van der Waals surface area contributed by atoms with Gasteiger partial charge in [-0.3, -0.25) is 4.99 Å². The van der Waals surface area contributed by atoms with E-state index in [1.165, 1.54) is 0 Å². The third kappa shape index (κ3) is 4.60. The molecule has 6 nitrogen and oxygen atoms in total. The monoisotopic (exact) mass is 507 g/mol. The van der Waals surface area contributed by atoms with Crippen molar-refractivity contribution in [2.45, 2.75) is 26.4 Å². The molecule has 1 saturated heterocycles. The molecule has 1 aliphatic heterocycles. The predicted octanol–water partition coefficient (Wildman–Crippen LogP) is 2.60. The Hall–Kier alpha value is -0.870. The molecule has 0 aliphatic carbocycles. The minimum absolute atomic E-state index is 0. The molecule has 8 heteroatoms. The molecule has 132 valence electrons. The number of aliphatic imine (C=N–C) groups is 1. The summed E-state index contributed by atoms with van der Waals surface area (Å²) in [4.78, 5) is 11.2. The van der Waals surface area contributed by atoms with Crippen molar-refractivity contribution in [1.29, 1.82) is 0 Å². The molecule has 24 heavy (non-hydrogen) atoms. The van der Waals surface area contributed by atoms with E-state index in [9.17, 15) is 0 Å². The van der Waals surface area contributed by atoms with Gasteiger partial charge in [0.05, 0.1) is 18.4 Å². The molecular weight excluding hydrogens is 485 g/mol. The van der Waals surface area contributed by atoms with Gasteiger partial charge in [-0.25, -0.2) is 4.98 Å². The summed E-state index contributed by atoms with van der Waals surface area (Å²) in [5.41, 5.74) is 9.25. The van der Waals surface area contributed by atoms with Crippen molar-refractivity contribution in [3.63, 3.8) is 0 Å². The second-order valence-electron chi connectivity index (χ2n) is 5.92.